The maximum Gasteiger partial charge on any atom is 0.238 e. The summed E-state index contributed by atoms with van der Waals surface area (Å²) in [6.07, 6.45) is 0. The molecule has 25 heavy (non-hydrogen) atoms. The van der Waals surface area contributed by atoms with Crippen LogP contribution in [0.15, 0.2) is 60.7 Å². The van der Waals surface area contributed by atoms with Crippen molar-refractivity contribution in [2.24, 2.45) is 0 Å². The van der Waals surface area contributed by atoms with Gasteiger partial charge >= 0.3 is 0 Å². The van der Waals surface area contributed by atoms with Gasteiger partial charge in [-0.2, -0.15) is 0 Å². The molecule has 3 rings (SSSR count). The summed E-state index contributed by atoms with van der Waals surface area (Å²) in [4.78, 5) is 12.3. The van der Waals surface area contributed by atoms with Crippen LogP contribution >= 0.6 is 0 Å². The Bertz CT molecular complexity index is 876. The number of amides is 1. The fourth-order valence-corrected chi connectivity index (χ4v) is 3.24. The lowest BCUT2D eigenvalue weighted by atomic mass is 10.00. The highest BCUT2D eigenvalue weighted by Crippen LogP contribution is 2.23. The third-order valence-electron chi connectivity index (χ3n) is 4.36. The van der Waals surface area contributed by atoms with Crippen LogP contribution in [0.4, 0.5) is 5.69 Å². The summed E-state index contributed by atoms with van der Waals surface area (Å²) in [5, 5.41) is 8.73. The van der Waals surface area contributed by atoms with E-state index in [-0.39, 0.29) is 18.5 Å². The van der Waals surface area contributed by atoms with Gasteiger partial charge in [0.05, 0.1) is 6.54 Å². The zero-order chi connectivity index (χ0) is 17.8. The molecular weight excluding hydrogens is 308 g/mol. The molecule has 3 aromatic rings. The van der Waals surface area contributed by atoms with Crippen molar-refractivity contribution in [1.82, 2.24) is 5.32 Å². The molecule has 0 aliphatic heterocycles. The van der Waals surface area contributed by atoms with Crippen molar-refractivity contribution in [1.29, 1.82) is 0 Å². The Morgan fingerprint density at radius 3 is 2.40 bits per heavy atom. The minimum absolute atomic E-state index is 0.0305. The van der Waals surface area contributed by atoms with Crippen LogP contribution in [0.3, 0.4) is 0 Å². The standard InChI is InChI=1S/C22H24N2O/c1-15-11-16(2)13-19(12-15)24-22(25)14-23-17(3)20-10-6-8-18-7-4-5-9-21(18)20/h4-13,17,23H,14H2,1-3H3,(H,24,25)/t17-/m1/s1. The number of fused-ring (bicyclic) bond motifs is 1. The second-order valence-corrected chi connectivity index (χ2v) is 6.60. The summed E-state index contributed by atoms with van der Waals surface area (Å²) >= 11 is 0. The second-order valence-electron chi connectivity index (χ2n) is 6.60. The molecule has 0 saturated carbocycles. The summed E-state index contributed by atoms with van der Waals surface area (Å²) in [6.45, 7) is 6.43. The molecule has 0 aromatic heterocycles. The van der Waals surface area contributed by atoms with E-state index in [2.05, 4.69) is 54.0 Å². The van der Waals surface area contributed by atoms with Gasteiger partial charge in [-0.05, 0) is 60.4 Å². The van der Waals surface area contributed by atoms with Gasteiger partial charge in [-0.15, -0.1) is 0 Å². The molecule has 0 saturated heterocycles. The van der Waals surface area contributed by atoms with E-state index in [4.69, 9.17) is 0 Å². The Balaban J connectivity index is 1.65. The number of benzene rings is 3. The van der Waals surface area contributed by atoms with Crippen molar-refractivity contribution >= 4 is 22.4 Å². The normalized spacial score (nSPS) is 12.1. The minimum atomic E-state index is -0.0305. The molecule has 128 valence electrons. The number of anilines is 1. The van der Waals surface area contributed by atoms with E-state index in [9.17, 15) is 4.79 Å². The van der Waals surface area contributed by atoms with Crippen LogP contribution in [0.25, 0.3) is 10.8 Å². The first-order valence-electron chi connectivity index (χ1n) is 8.62. The molecule has 0 fully saturated rings. The number of hydrogen-bond acceptors (Lipinski definition) is 2. The average molecular weight is 332 g/mol. The van der Waals surface area contributed by atoms with Crippen LogP contribution in [0.2, 0.25) is 0 Å². The van der Waals surface area contributed by atoms with Crippen molar-refractivity contribution in [3.05, 3.63) is 77.4 Å². The van der Waals surface area contributed by atoms with Gasteiger partial charge < -0.3 is 10.6 Å². The first-order valence-corrected chi connectivity index (χ1v) is 8.62. The van der Waals surface area contributed by atoms with Gasteiger partial charge in [-0.25, -0.2) is 0 Å². The summed E-state index contributed by atoms with van der Waals surface area (Å²) in [7, 11) is 0. The third-order valence-corrected chi connectivity index (χ3v) is 4.36. The lowest BCUT2D eigenvalue weighted by Gasteiger charge is -2.16. The van der Waals surface area contributed by atoms with E-state index in [1.807, 2.05) is 38.1 Å². The molecule has 2 N–H and O–H groups in total. The SMILES string of the molecule is Cc1cc(C)cc(NC(=O)CN[C@H](C)c2cccc3ccccc23)c1. The molecule has 0 radical (unpaired) electrons. The Kier molecular flexibility index (Phi) is 5.15. The van der Waals surface area contributed by atoms with Gasteiger partial charge in [0, 0.05) is 11.7 Å². The highest BCUT2D eigenvalue weighted by atomic mass is 16.1. The van der Waals surface area contributed by atoms with Crippen molar-refractivity contribution in [2.75, 3.05) is 11.9 Å². The molecule has 0 aliphatic carbocycles. The predicted octanol–water partition coefficient (Wildman–Crippen LogP) is 4.75. The van der Waals surface area contributed by atoms with Gasteiger partial charge in [-0.1, -0.05) is 48.5 Å². The Hall–Kier alpha value is -2.65. The molecule has 0 bridgehead atoms. The van der Waals surface area contributed by atoms with Crippen molar-refractivity contribution in [3.63, 3.8) is 0 Å². The fraction of sp³-hybridized carbons (Fsp3) is 0.227. The first kappa shape index (κ1) is 17.2. The molecule has 3 aromatic carbocycles. The topological polar surface area (TPSA) is 41.1 Å². The van der Waals surface area contributed by atoms with Crippen LogP contribution in [-0.4, -0.2) is 12.5 Å². The van der Waals surface area contributed by atoms with Gasteiger partial charge in [0.25, 0.3) is 0 Å². The monoisotopic (exact) mass is 332 g/mol. The Morgan fingerprint density at radius 1 is 0.960 bits per heavy atom. The highest BCUT2D eigenvalue weighted by Gasteiger charge is 2.11. The van der Waals surface area contributed by atoms with Crippen molar-refractivity contribution in [2.45, 2.75) is 26.8 Å². The molecule has 3 nitrogen and oxygen atoms in total. The van der Waals surface area contributed by atoms with E-state index >= 15 is 0 Å². The van der Waals surface area contributed by atoms with Gasteiger partial charge in [0.2, 0.25) is 5.91 Å². The molecule has 3 heteroatoms. The largest absolute Gasteiger partial charge is 0.325 e. The minimum Gasteiger partial charge on any atom is -0.325 e. The molecule has 1 amide bonds. The molecule has 1 atom stereocenters. The zero-order valence-corrected chi connectivity index (χ0v) is 15.0. The van der Waals surface area contributed by atoms with Gasteiger partial charge in [0.15, 0.2) is 0 Å². The van der Waals surface area contributed by atoms with E-state index in [1.165, 1.54) is 16.3 Å². The number of rotatable bonds is 5. The van der Waals surface area contributed by atoms with Crippen LogP contribution in [0.1, 0.15) is 29.7 Å². The second kappa shape index (κ2) is 7.49. The van der Waals surface area contributed by atoms with E-state index in [0.29, 0.717) is 0 Å². The highest BCUT2D eigenvalue weighted by molar-refractivity contribution is 5.92. The Morgan fingerprint density at radius 2 is 1.64 bits per heavy atom. The lowest BCUT2D eigenvalue weighted by Crippen LogP contribution is -2.30. The maximum atomic E-state index is 12.3. The number of hydrogen-bond donors (Lipinski definition) is 2. The van der Waals surface area contributed by atoms with Gasteiger partial charge in [0.1, 0.15) is 0 Å². The Labute approximate surface area is 149 Å². The zero-order valence-electron chi connectivity index (χ0n) is 15.0. The van der Waals surface area contributed by atoms with E-state index in [0.717, 1.165) is 16.8 Å². The third kappa shape index (κ3) is 4.25. The van der Waals surface area contributed by atoms with Gasteiger partial charge in [-0.3, -0.25) is 4.79 Å². The number of aryl methyl sites for hydroxylation is 2. The molecule has 0 aliphatic rings. The fourth-order valence-electron chi connectivity index (χ4n) is 3.24. The first-order chi connectivity index (χ1) is 12.0. The molecule has 0 heterocycles. The summed E-state index contributed by atoms with van der Waals surface area (Å²) in [5.41, 5.74) is 4.35. The van der Waals surface area contributed by atoms with Crippen LogP contribution in [-0.2, 0) is 4.79 Å². The molecule has 0 unspecified atom stereocenters. The van der Waals surface area contributed by atoms with Crippen LogP contribution in [0, 0.1) is 13.8 Å². The molecule has 0 spiro atoms. The predicted molar refractivity (Wildman–Crippen MR) is 105 cm³/mol. The summed E-state index contributed by atoms with van der Waals surface area (Å²) < 4.78 is 0. The number of carbonyl (C=O) groups is 1. The smallest absolute Gasteiger partial charge is 0.238 e. The van der Waals surface area contributed by atoms with Crippen molar-refractivity contribution in [3.8, 4) is 0 Å². The average Bonchev–Trinajstić information content (AvgIpc) is 2.58. The molecular formula is C22H24N2O. The quantitative estimate of drug-likeness (QED) is 0.708. The maximum absolute atomic E-state index is 12.3. The number of carbonyl (C=O) groups excluding carboxylic acids is 1. The number of nitrogens with one attached hydrogen (secondary N) is 2. The van der Waals surface area contributed by atoms with E-state index < -0.39 is 0 Å². The van der Waals surface area contributed by atoms with E-state index in [1.54, 1.807) is 0 Å². The van der Waals surface area contributed by atoms with Crippen LogP contribution < -0.4 is 10.6 Å². The summed E-state index contributed by atoms with van der Waals surface area (Å²) in [6, 6.07) is 20.8. The van der Waals surface area contributed by atoms with Crippen LogP contribution in [0.5, 0.6) is 0 Å². The summed E-state index contributed by atoms with van der Waals surface area (Å²) in [5.74, 6) is -0.0305. The van der Waals surface area contributed by atoms with Crippen molar-refractivity contribution < 1.29 is 4.79 Å². The lowest BCUT2D eigenvalue weighted by molar-refractivity contribution is -0.115.